The van der Waals surface area contributed by atoms with E-state index in [4.69, 9.17) is 0 Å². The number of dihydropyridines is 1. The summed E-state index contributed by atoms with van der Waals surface area (Å²) in [5.41, 5.74) is 5.25. The smallest absolute Gasteiger partial charge is 0.256 e. The van der Waals surface area contributed by atoms with Gasteiger partial charge in [0.05, 0.1) is 5.57 Å². The first kappa shape index (κ1) is 31.3. The molecule has 0 radical (unpaired) electrons. The molecule has 0 bridgehead atoms. The normalized spacial score (nSPS) is 17.5. The van der Waals surface area contributed by atoms with Crippen LogP contribution in [0, 0.1) is 11.7 Å². The Balaban J connectivity index is 0.000000265. The van der Waals surface area contributed by atoms with Crippen molar-refractivity contribution in [3.8, 4) is 11.1 Å². The minimum Gasteiger partial charge on any atom is -0.359 e. The molecule has 1 saturated heterocycles. The molecule has 5 rings (SSSR count). The Morgan fingerprint density at radius 2 is 1.70 bits per heavy atom. The van der Waals surface area contributed by atoms with Gasteiger partial charge in [0.15, 0.2) is 0 Å². The third-order valence-corrected chi connectivity index (χ3v) is 7.14. The highest BCUT2D eigenvalue weighted by Crippen LogP contribution is 2.40. The second-order valence-corrected chi connectivity index (χ2v) is 10.5. The number of halogens is 1. The van der Waals surface area contributed by atoms with Crippen molar-refractivity contribution in [2.45, 2.75) is 60.3 Å². The van der Waals surface area contributed by atoms with Crippen LogP contribution in [0.5, 0.6) is 0 Å². The average molecular weight is 547 g/mol. The molecule has 0 aromatic heterocycles. The second-order valence-electron chi connectivity index (χ2n) is 10.5. The highest BCUT2D eigenvalue weighted by molar-refractivity contribution is 6.33. The van der Waals surface area contributed by atoms with E-state index >= 15 is 0 Å². The number of amides is 1. The second kappa shape index (κ2) is 16.1. The molecule has 1 amide bonds. The summed E-state index contributed by atoms with van der Waals surface area (Å²) < 4.78 is 14.4. The van der Waals surface area contributed by atoms with Gasteiger partial charge in [0.2, 0.25) is 0 Å². The largest absolute Gasteiger partial charge is 0.359 e. The van der Waals surface area contributed by atoms with E-state index in [1.54, 1.807) is 18.2 Å². The monoisotopic (exact) mass is 546 g/mol. The van der Waals surface area contributed by atoms with Gasteiger partial charge in [-0.3, -0.25) is 4.79 Å². The van der Waals surface area contributed by atoms with Gasteiger partial charge in [-0.2, -0.15) is 0 Å². The first-order valence-corrected chi connectivity index (χ1v) is 15.0. The van der Waals surface area contributed by atoms with Gasteiger partial charge >= 0.3 is 0 Å². The van der Waals surface area contributed by atoms with E-state index in [0.29, 0.717) is 22.4 Å². The lowest BCUT2D eigenvalue weighted by Gasteiger charge is -2.27. The van der Waals surface area contributed by atoms with E-state index in [1.165, 1.54) is 51.6 Å². The van der Waals surface area contributed by atoms with Crippen LogP contribution in [0.1, 0.15) is 65.9 Å². The molecule has 0 aliphatic carbocycles. The van der Waals surface area contributed by atoms with E-state index < -0.39 is 0 Å². The van der Waals surface area contributed by atoms with E-state index in [0.717, 1.165) is 35.7 Å². The van der Waals surface area contributed by atoms with Crippen molar-refractivity contribution in [1.82, 2.24) is 15.5 Å². The third kappa shape index (κ3) is 8.64. The van der Waals surface area contributed by atoms with E-state index in [2.05, 4.69) is 47.7 Å². The molecule has 2 aromatic carbocycles. The number of allylic oxidation sites excluding steroid dienone is 4. The minimum absolute atomic E-state index is 0.168. The van der Waals surface area contributed by atoms with Crippen LogP contribution in [0.4, 0.5) is 10.1 Å². The summed E-state index contributed by atoms with van der Waals surface area (Å²) in [5.74, 6) is 0.401. The molecule has 3 N–H and O–H groups in total. The standard InChI is InChI=1S/C22H19FN2O.C10H22N2.C2H6/c1-2-14-7-5-8-15(24-14)13-18-21-17(16-9-3-4-11-19(16)23)10-6-12-20(21)25-22(18)26;1-10(2)4-3-7-12-8-5-11-6-9-12;1-2/h3-4,6-13,24H,2,5H2,1H3,(H,25,26);10-11H,3-9H2,1-2H3;1-2H3/b18-13-;;. The Hall–Kier alpha value is -3.22. The summed E-state index contributed by atoms with van der Waals surface area (Å²) in [6, 6.07) is 12.2. The van der Waals surface area contributed by atoms with Crippen molar-refractivity contribution < 1.29 is 9.18 Å². The Labute approximate surface area is 240 Å². The maximum absolute atomic E-state index is 14.4. The van der Waals surface area contributed by atoms with Gasteiger partial charge in [0, 0.05) is 54.4 Å². The van der Waals surface area contributed by atoms with Gasteiger partial charge in [-0.15, -0.1) is 0 Å². The fourth-order valence-corrected chi connectivity index (χ4v) is 5.05. The molecule has 1 fully saturated rings. The Morgan fingerprint density at radius 1 is 0.975 bits per heavy atom. The van der Waals surface area contributed by atoms with Crippen molar-refractivity contribution in [2.24, 2.45) is 5.92 Å². The lowest BCUT2D eigenvalue weighted by molar-refractivity contribution is -0.110. The molecule has 0 spiro atoms. The molecule has 3 aliphatic heterocycles. The molecule has 0 unspecified atom stereocenters. The molecule has 3 heterocycles. The molecule has 2 aromatic rings. The number of nitrogens with one attached hydrogen (secondary N) is 3. The quantitative estimate of drug-likeness (QED) is 0.318. The summed E-state index contributed by atoms with van der Waals surface area (Å²) in [6.07, 6.45) is 10.5. The summed E-state index contributed by atoms with van der Waals surface area (Å²) in [5, 5.41) is 9.61. The number of hydrogen-bond acceptors (Lipinski definition) is 4. The van der Waals surface area contributed by atoms with Gasteiger partial charge in [0.25, 0.3) is 5.91 Å². The Kier molecular flexibility index (Phi) is 12.6. The molecule has 0 atom stereocenters. The van der Waals surface area contributed by atoms with Gasteiger partial charge in [-0.1, -0.05) is 77.1 Å². The third-order valence-electron chi connectivity index (χ3n) is 7.14. The average Bonchev–Trinajstić information content (AvgIpc) is 3.30. The zero-order valence-electron chi connectivity index (χ0n) is 24.9. The van der Waals surface area contributed by atoms with Crippen LogP contribution in [0.2, 0.25) is 0 Å². The van der Waals surface area contributed by atoms with Gasteiger partial charge in [0.1, 0.15) is 5.82 Å². The number of rotatable bonds is 7. The molecule has 6 heteroatoms. The molecular weight excluding hydrogens is 499 g/mol. The number of benzene rings is 2. The predicted molar refractivity (Wildman–Crippen MR) is 167 cm³/mol. The summed E-state index contributed by atoms with van der Waals surface area (Å²) >= 11 is 0. The first-order chi connectivity index (χ1) is 19.5. The molecule has 5 nitrogen and oxygen atoms in total. The predicted octanol–water partition coefficient (Wildman–Crippen LogP) is 7.35. The number of fused-ring (bicyclic) bond motifs is 1. The van der Waals surface area contributed by atoms with Crippen LogP contribution in [0.3, 0.4) is 0 Å². The summed E-state index contributed by atoms with van der Waals surface area (Å²) in [4.78, 5) is 15.2. The topological polar surface area (TPSA) is 56.4 Å². The van der Waals surface area contributed by atoms with Crippen LogP contribution >= 0.6 is 0 Å². The van der Waals surface area contributed by atoms with E-state index in [-0.39, 0.29) is 11.7 Å². The highest BCUT2D eigenvalue weighted by atomic mass is 19.1. The number of carbonyl (C=O) groups is 1. The summed E-state index contributed by atoms with van der Waals surface area (Å²) in [7, 11) is 0. The number of anilines is 1. The van der Waals surface area contributed by atoms with Crippen LogP contribution in [0.25, 0.3) is 16.7 Å². The zero-order chi connectivity index (χ0) is 28.9. The van der Waals surface area contributed by atoms with Gasteiger partial charge < -0.3 is 20.9 Å². The lowest BCUT2D eigenvalue weighted by Crippen LogP contribution is -2.43. The minimum atomic E-state index is -0.300. The Bertz CT molecular complexity index is 1210. The highest BCUT2D eigenvalue weighted by Gasteiger charge is 2.28. The molecule has 3 aliphatic rings. The number of hydrogen-bond donors (Lipinski definition) is 3. The van der Waals surface area contributed by atoms with Crippen molar-refractivity contribution >= 4 is 17.2 Å². The maximum atomic E-state index is 14.4. The van der Waals surface area contributed by atoms with Crippen LogP contribution in [-0.2, 0) is 4.79 Å². The SMILES string of the molecule is CC.CC(C)CCCN1CCNCC1.CCC1=CCC=C(/C=C2\C(=O)Nc3cccc(-c4ccccc4F)c32)N1. The zero-order valence-corrected chi connectivity index (χ0v) is 24.9. The number of carbonyl (C=O) groups excluding carboxylic acids is 1. The van der Waals surface area contributed by atoms with E-state index in [9.17, 15) is 9.18 Å². The van der Waals surface area contributed by atoms with Crippen molar-refractivity contribution in [3.05, 3.63) is 83.5 Å². The fourth-order valence-electron chi connectivity index (χ4n) is 5.05. The van der Waals surface area contributed by atoms with Crippen LogP contribution < -0.4 is 16.0 Å². The van der Waals surface area contributed by atoms with Crippen LogP contribution in [0.15, 0.2) is 72.1 Å². The Morgan fingerprint density at radius 3 is 2.40 bits per heavy atom. The van der Waals surface area contributed by atoms with E-state index in [1.807, 2.05) is 44.2 Å². The molecular formula is C34H47FN4O. The molecule has 216 valence electrons. The lowest BCUT2D eigenvalue weighted by atomic mass is 9.94. The van der Waals surface area contributed by atoms with Gasteiger partial charge in [-0.25, -0.2) is 4.39 Å². The first-order valence-electron chi connectivity index (χ1n) is 15.0. The van der Waals surface area contributed by atoms with Gasteiger partial charge in [-0.05, 0) is 61.9 Å². The summed E-state index contributed by atoms with van der Waals surface area (Å²) in [6.45, 7) is 16.9. The van der Waals surface area contributed by atoms with Crippen molar-refractivity contribution in [1.29, 1.82) is 0 Å². The number of piperazine rings is 1. The van der Waals surface area contributed by atoms with Crippen molar-refractivity contribution in [3.63, 3.8) is 0 Å². The number of nitrogens with zero attached hydrogens (tertiary/aromatic N) is 1. The molecule has 40 heavy (non-hydrogen) atoms. The maximum Gasteiger partial charge on any atom is 0.256 e. The van der Waals surface area contributed by atoms with Crippen LogP contribution in [-0.4, -0.2) is 43.5 Å². The fraction of sp³-hybridized carbons (Fsp3) is 0.441. The molecule has 0 saturated carbocycles. The van der Waals surface area contributed by atoms with Crippen molar-refractivity contribution in [2.75, 3.05) is 38.0 Å².